The van der Waals surface area contributed by atoms with Crippen molar-refractivity contribution in [2.45, 2.75) is 6.92 Å². The Bertz CT molecular complexity index is 750. The van der Waals surface area contributed by atoms with Crippen molar-refractivity contribution in [2.75, 3.05) is 5.32 Å². The predicted octanol–water partition coefficient (Wildman–Crippen LogP) is 2.22. The minimum atomic E-state index is -0.146. The molecule has 1 aromatic heterocycles. The number of amides is 1. The van der Waals surface area contributed by atoms with Gasteiger partial charge in [-0.2, -0.15) is 0 Å². The summed E-state index contributed by atoms with van der Waals surface area (Å²) in [5.74, 6) is -0.146. The second kappa shape index (κ2) is 5.54. The highest BCUT2D eigenvalue weighted by molar-refractivity contribution is 6.04. The van der Waals surface area contributed by atoms with E-state index in [0.717, 1.165) is 16.9 Å². The van der Waals surface area contributed by atoms with Crippen LogP contribution in [0.3, 0.4) is 0 Å². The normalized spacial score (nSPS) is 10.3. The number of para-hydroxylation sites is 1. The Balaban J connectivity index is 1.78. The largest absolute Gasteiger partial charge is 0.322 e. The average molecular weight is 279 g/mol. The molecule has 6 heteroatoms. The number of nitrogens with one attached hydrogen (secondary N) is 1. The Morgan fingerprint density at radius 1 is 1.10 bits per heavy atom. The summed E-state index contributed by atoms with van der Waals surface area (Å²) in [6, 6.07) is 14.7. The summed E-state index contributed by atoms with van der Waals surface area (Å²) >= 11 is 0. The summed E-state index contributed by atoms with van der Waals surface area (Å²) in [4.78, 5) is 12.2. The van der Waals surface area contributed by atoms with Gasteiger partial charge in [-0.15, -0.1) is 5.10 Å². The van der Waals surface area contributed by atoms with Crippen LogP contribution in [0, 0.1) is 6.92 Å². The van der Waals surface area contributed by atoms with Gasteiger partial charge in [-0.05, 0) is 53.2 Å². The van der Waals surface area contributed by atoms with Crippen molar-refractivity contribution in [3.05, 3.63) is 66.0 Å². The average Bonchev–Trinajstić information content (AvgIpc) is 3.04. The molecule has 0 radical (unpaired) electrons. The van der Waals surface area contributed by atoms with Crippen molar-refractivity contribution >= 4 is 11.6 Å². The molecule has 0 saturated heterocycles. The van der Waals surface area contributed by atoms with E-state index in [-0.39, 0.29) is 5.91 Å². The summed E-state index contributed by atoms with van der Waals surface area (Å²) < 4.78 is 1.53. The van der Waals surface area contributed by atoms with Crippen LogP contribution in [0.2, 0.25) is 0 Å². The van der Waals surface area contributed by atoms with E-state index in [9.17, 15) is 4.79 Å². The third-order valence-corrected chi connectivity index (χ3v) is 3.14. The molecule has 0 saturated carbocycles. The molecular formula is C15H13N5O. The standard InChI is InChI=1S/C15H13N5O/c1-11-4-2-3-5-14(11)17-15(21)12-6-8-13(9-7-12)20-10-16-18-19-20/h2-10H,1H3,(H,17,21). The molecule has 1 heterocycles. The highest BCUT2D eigenvalue weighted by Gasteiger charge is 2.08. The molecular weight excluding hydrogens is 266 g/mol. The van der Waals surface area contributed by atoms with Gasteiger partial charge in [0.2, 0.25) is 0 Å². The van der Waals surface area contributed by atoms with Gasteiger partial charge < -0.3 is 5.32 Å². The molecule has 0 aliphatic carbocycles. The number of benzene rings is 2. The fourth-order valence-corrected chi connectivity index (χ4v) is 1.95. The summed E-state index contributed by atoms with van der Waals surface area (Å²) in [5.41, 5.74) is 3.21. The predicted molar refractivity (Wildman–Crippen MR) is 78.3 cm³/mol. The van der Waals surface area contributed by atoms with E-state index in [1.807, 2.05) is 31.2 Å². The first kappa shape index (κ1) is 13.0. The van der Waals surface area contributed by atoms with Crippen molar-refractivity contribution < 1.29 is 4.79 Å². The van der Waals surface area contributed by atoms with Gasteiger partial charge in [0.1, 0.15) is 6.33 Å². The molecule has 0 aliphatic heterocycles. The molecule has 0 unspecified atom stereocenters. The van der Waals surface area contributed by atoms with E-state index in [1.54, 1.807) is 24.3 Å². The highest BCUT2D eigenvalue weighted by atomic mass is 16.1. The fraction of sp³-hybridized carbons (Fsp3) is 0.0667. The maximum Gasteiger partial charge on any atom is 0.255 e. The number of aryl methyl sites for hydroxylation is 1. The lowest BCUT2D eigenvalue weighted by Gasteiger charge is -2.08. The van der Waals surface area contributed by atoms with Crippen LogP contribution in [0.25, 0.3) is 5.69 Å². The zero-order chi connectivity index (χ0) is 14.7. The van der Waals surface area contributed by atoms with E-state index in [0.29, 0.717) is 5.56 Å². The first-order chi connectivity index (χ1) is 10.2. The van der Waals surface area contributed by atoms with Crippen LogP contribution in [0.15, 0.2) is 54.9 Å². The number of nitrogens with zero attached hydrogens (tertiary/aromatic N) is 4. The Morgan fingerprint density at radius 2 is 1.86 bits per heavy atom. The number of hydrogen-bond acceptors (Lipinski definition) is 4. The van der Waals surface area contributed by atoms with Crippen LogP contribution in [-0.2, 0) is 0 Å². The number of hydrogen-bond donors (Lipinski definition) is 1. The summed E-state index contributed by atoms with van der Waals surface area (Å²) in [6.45, 7) is 1.95. The topological polar surface area (TPSA) is 72.7 Å². The number of carbonyl (C=O) groups excluding carboxylic acids is 1. The van der Waals surface area contributed by atoms with E-state index in [2.05, 4.69) is 20.8 Å². The van der Waals surface area contributed by atoms with Gasteiger partial charge in [0.15, 0.2) is 0 Å². The van der Waals surface area contributed by atoms with Crippen molar-refractivity contribution in [1.82, 2.24) is 20.2 Å². The van der Waals surface area contributed by atoms with Gasteiger partial charge >= 0.3 is 0 Å². The van der Waals surface area contributed by atoms with Crippen molar-refractivity contribution in [2.24, 2.45) is 0 Å². The SMILES string of the molecule is Cc1ccccc1NC(=O)c1ccc(-n2cnnn2)cc1. The molecule has 6 nitrogen and oxygen atoms in total. The third kappa shape index (κ3) is 2.79. The van der Waals surface area contributed by atoms with E-state index in [1.165, 1.54) is 11.0 Å². The van der Waals surface area contributed by atoms with Crippen LogP contribution in [0.5, 0.6) is 0 Å². The number of carbonyl (C=O) groups is 1. The van der Waals surface area contributed by atoms with Gasteiger partial charge in [0.25, 0.3) is 5.91 Å². The van der Waals surface area contributed by atoms with Crippen molar-refractivity contribution in [1.29, 1.82) is 0 Å². The first-order valence-electron chi connectivity index (χ1n) is 6.44. The molecule has 3 aromatic rings. The van der Waals surface area contributed by atoms with E-state index in [4.69, 9.17) is 0 Å². The van der Waals surface area contributed by atoms with Gasteiger partial charge in [-0.1, -0.05) is 18.2 Å². The summed E-state index contributed by atoms with van der Waals surface area (Å²) in [7, 11) is 0. The second-order valence-electron chi connectivity index (χ2n) is 4.57. The zero-order valence-electron chi connectivity index (χ0n) is 11.4. The van der Waals surface area contributed by atoms with Gasteiger partial charge in [-0.25, -0.2) is 4.68 Å². The monoisotopic (exact) mass is 279 g/mol. The smallest absolute Gasteiger partial charge is 0.255 e. The summed E-state index contributed by atoms with van der Waals surface area (Å²) in [6.07, 6.45) is 1.50. The molecule has 1 amide bonds. The molecule has 0 spiro atoms. The maximum atomic E-state index is 12.2. The maximum absolute atomic E-state index is 12.2. The van der Waals surface area contributed by atoms with E-state index < -0.39 is 0 Å². The minimum Gasteiger partial charge on any atom is -0.322 e. The zero-order valence-corrected chi connectivity index (χ0v) is 11.4. The lowest BCUT2D eigenvalue weighted by atomic mass is 10.1. The van der Waals surface area contributed by atoms with Crippen molar-refractivity contribution in [3.63, 3.8) is 0 Å². The molecule has 1 N–H and O–H groups in total. The molecule has 21 heavy (non-hydrogen) atoms. The molecule has 3 rings (SSSR count). The Labute approximate surface area is 121 Å². The molecule has 0 fully saturated rings. The highest BCUT2D eigenvalue weighted by Crippen LogP contribution is 2.15. The fourth-order valence-electron chi connectivity index (χ4n) is 1.95. The Kier molecular flexibility index (Phi) is 3.42. The number of anilines is 1. The van der Waals surface area contributed by atoms with Crippen LogP contribution in [0.1, 0.15) is 15.9 Å². The number of rotatable bonds is 3. The molecule has 0 bridgehead atoms. The van der Waals surface area contributed by atoms with E-state index >= 15 is 0 Å². The first-order valence-corrected chi connectivity index (χ1v) is 6.44. The quantitative estimate of drug-likeness (QED) is 0.798. The number of aromatic nitrogens is 4. The molecule has 104 valence electrons. The molecule has 0 atom stereocenters. The number of tetrazole rings is 1. The molecule has 0 aliphatic rings. The second-order valence-corrected chi connectivity index (χ2v) is 4.57. The van der Waals surface area contributed by atoms with Gasteiger partial charge in [-0.3, -0.25) is 4.79 Å². The van der Waals surface area contributed by atoms with Crippen LogP contribution in [0.4, 0.5) is 5.69 Å². The van der Waals surface area contributed by atoms with Gasteiger partial charge in [0.05, 0.1) is 5.69 Å². The molecule has 2 aromatic carbocycles. The Morgan fingerprint density at radius 3 is 2.52 bits per heavy atom. The van der Waals surface area contributed by atoms with Crippen LogP contribution < -0.4 is 5.32 Å². The van der Waals surface area contributed by atoms with Crippen LogP contribution >= 0.6 is 0 Å². The third-order valence-electron chi connectivity index (χ3n) is 3.14. The summed E-state index contributed by atoms with van der Waals surface area (Å²) in [5, 5.41) is 13.8. The lowest BCUT2D eigenvalue weighted by Crippen LogP contribution is -2.12. The minimum absolute atomic E-state index is 0.146. The van der Waals surface area contributed by atoms with Gasteiger partial charge in [0, 0.05) is 11.3 Å². The van der Waals surface area contributed by atoms with Crippen molar-refractivity contribution in [3.8, 4) is 5.69 Å². The lowest BCUT2D eigenvalue weighted by molar-refractivity contribution is 0.102. The van der Waals surface area contributed by atoms with Crippen LogP contribution in [-0.4, -0.2) is 26.1 Å². The Hall–Kier alpha value is -3.02.